The SMILES string of the molecule is CC(C)n1cncc1C(O)c1ccncc1F. The second-order valence-electron chi connectivity index (χ2n) is 4.12. The minimum absolute atomic E-state index is 0.159. The van der Waals surface area contributed by atoms with Gasteiger partial charge in [-0.15, -0.1) is 0 Å². The van der Waals surface area contributed by atoms with Crippen molar-refractivity contribution in [2.75, 3.05) is 0 Å². The lowest BCUT2D eigenvalue weighted by Gasteiger charge is -2.16. The largest absolute Gasteiger partial charge is 0.382 e. The van der Waals surface area contributed by atoms with E-state index in [1.165, 1.54) is 12.3 Å². The highest BCUT2D eigenvalue weighted by atomic mass is 19.1. The van der Waals surface area contributed by atoms with Crippen LogP contribution in [0.3, 0.4) is 0 Å². The molecule has 5 heteroatoms. The van der Waals surface area contributed by atoms with Crippen LogP contribution in [0.1, 0.15) is 37.3 Å². The van der Waals surface area contributed by atoms with Gasteiger partial charge in [0.2, 0.25) is 0 Å². The number of pyridine rings is 1. The lowest BCUT2D eigenvalue weighted by atomic mass is 10.1. The fourth-order valence-corrected chi connectivity index (χ4v) is 1.73. The van der Waals surface area contributed by atoms with E-state index in [4.69, 9.17) is 0 Å². The maximum atomic E-state index is 13.5. The van der Waals surface area contributed by atoms with Crippen molar-refractivity contribution >= 4 is 0 Å². The number of halogens is 1. The Morgan fingerprint density at radius 2 is 2.06 bits per heavy atom. The molecule has 2 heterocycles. The standard InChI is InChI=1S/C12H14FN3O/c1-8(2)16-7-15-6-11(16)12(17)9-3-4-14-5-10(9)13/h3-8,12,17H,1-2H3. The average molecular weight is 235 g/mol. The molecular formula is C12H14FN3O. The molecule has 0 aliphatic heterocycles. The number of hydrogen-bond donors (Lipinski definition) is 1. The van der Waals surface area contributed by atoms with Crippen LogP contribution in [-0.4, -0.2) is 19.6 Å². The number of hydrogen-bond acceptors (Lipinski definition) is 3. The number of aliphatic hydroxyl groups is 1. The first-order chi connectivity index (χ1) is 8.11. The lowest BCUT2D eigenvalue weighted by molar-refractivity contribution is 0.202. The maximum Gasteiger partial charge on any atom is 0.147 e. The van der Waals surface area contributed by atoms with E-state index in [-0.39, 0.29) is 11.6 Å². The zero-order chi connectivity index (χ0) is 12.4. The van der Waals surface area contributed by atoms with Crippen LogP contribution in [0.25, 0.3) is 0 Å². The summed E-state index contributed by atoms with van der Waals surface area (Å²) in [5.41, 5.74) is 0.785. The first-order valence-electron chi connectivity index (χ1n) is 5.40. The third-order valence-electron chi connectivity index (χ3n) is 2.63. The monoisotopic (exact) mass is 235 g/mol. The molecular weight excluding hydrogens is 221 g/mol. The Labute approximate surface area is 98.8 Å². The summed E-state index contributed by atoms with van der Waals surface area (Å²) in [6, 6.07) is 1.63. The third-order valence-corrected chi connectivity index (χ3v) is 2.63. The predicted octanol–water partition coefficient (Wildman–Crippen LogP) is 2.08. The summed E-state index contributed by atoms with van der Waals surface area (Å²) in [6.07, 6.45) is 4.70. The van der Waals surface area contributed by atoms with Crippen molar-refractivity contribution in [3.05, 3.63) is 48.1 Å². The molecule has 0 aliphatic rings. The van der Waals surface area contributed by atoms with E-state index in [1.54, 1.807) is 12.5 Å². The van der Waals surface area contributed by atoms with E-state index in [2.05, 4.69) is 9.97 Å². The average Bonchev–Trinajstić information content (AvgIpc) is 2.77. The topological polar surface area (TPSA) is 50.9 Å². The molecule has 17 heavy (non-hydrogen) atoms. The van der Waals surface area contributed by atoms with E-state index < -0.39 is 11.9 Å². The Kier molecular flexibility index (Phi) is 3.19. The number of aromatic nitrogens is 3. The predicted molar refractivity (Wildman–Crippen MR) is 60.9 cm³/mol. The van der Waals surface area contributed by atoms with Gasteiger partial charge in [-0.1, -0.05) is 0 Å². The van der Waals surface area contributed by atoms with Crippen molar-refractivity contribution in [2.45, 2.75) is 26.0 Å². The van der Waals surface area contributed by atoms with Crippen LogP contribution < -0.4 is 0 Å². The van der Waals surface area contributed by atoms with Crippen molar-refractivity contribution in [1.29, 1.82) is 0 Å². The number of imidazole rings is 1. The first kappa shape index (κ1) is 11.7. The second-order valence-corrected chi connectivity index (χ2v) is 4.12. The minimum Gasteiger partial charge on any atom is -0.382 e. The summed E-state index contributed by atoms with van der Waals surface area (Å²) in [7, 11) is 0. The number of aliphatic hydroxyl groups excluding tert-OH is 1. The van der Waals surface area contributed by atoms with Crippen LogP contribution in [-0.2, 0) is 0 Å². The summed E-state index contributed by atoms with van der Waals surface area (Å²) in [5.74, 6) is -0.517. The van der Waals surface area contributed by atoms with Gasteiger partial charge < -0.3 is 9.67 Å². The fourth-order valence-electron chi connectivity index (χ4n) is 1.73. The zero-order valence-corrected chi connectivity index (χ0v) is 9.71. The number of rotatable bonds is 3. The molecule has 0 aliphatic carbocycles. The van der Waals surface area contributed by atoms with Crippen molar-refractivity contribution in [3.8, 4) is 0 Å². The normalized spacial score (nSPS) is 13.0. The van der Waals surface area contributed by atoms with E-state index in [0.717, 1.165) is 6.20 Å². The Hall–Kier alpha value is -1.75. The Balaban J connectivity index is 2.41. The van der Waals surface area contributed by atoms with Gasteiger partial charge in [0.1, 0.15) is 11.9 Å². The quantitative estimate of drug-likeness (QED) is 0.886. The molecule has 0 fully saturated rings. The zero-order valence-electron chi connectivity index (χ0n) is 9.71. The van der Waals surface area contributed by atoms with Gasteiger partial charge in [-0.05, 0) is 19.9 Å². The Morgan fingerprint density at radius 1 is 1.29 bits per heavy atom. The van der Waals surface area contributed by atoms with E-state index in [0.29, 0.717) is 5.69 Å². The molecule has 2 aromatic heterocycles. The maximum absolute atomic E-state index is 13.5. The summed E-state index contributed by atoms with van der Waals surface area (Å²) in [5, 5.41) is 10.2. The highest BCUT2D eigenvalue weighted by molar-refractivity contribution is 5.24. The molecule has 0 saturated heterocycles. The molecule has 2 aromatic rings. The molecule has 4 nitrogen and oxygen atoms in total. The molecule has 0 saturated carbocycles. The van der Waals surface area contributed by atoms with Gasteiger partial charge in [0.05, 0.1) is 24.4 Å². The van der Waals surface area contributed by atoms with Crippen LogP contribution in [0, 0.1) is 5.82 Å². The Bertz CT molecular complexity index is 510. The van der Waals surface area contributed by atoms with Crippen molar-refractivity contribution < 1.29 is 9.50 Å². The van der Waals surface area contributed by atoms with Crippen molar-refractivity contribution in [2.24, 2.45) is 0 Å². The Morgan fingerprint density at radius 3 is 2.71 bits per heavy atom. The molecule has 0 spiro atoms. The summed E-state index contributed by atoms with van der Waals surface area (Å²) in [4.78, 5) is 7.64. The van der Waals surface area contributed by atoms with Crippen LogP contribution in [0.15, 0.2) is 31.0 Å². The molecule has 0 radical (unpaired) electrons. The highest BCUT2D eigenvalue weighted by Crippen LogP contribution is 2.25. The molecule has 0 bridgehead atoms. The summed E-state index contributed by atoms with van der Waals surface area (Å²) < 4.78 is 15.3. The highest BCUT2D eigenvalue weighted by Gasteiger charge is 2.19. The van der Waals surface area contributed by atoms with Crippen LogP contribution >= 0.6 is 0 Å². The molecule has 1 atom stereocenters. The van der Waals surface area contributed by atoms with E-state index in [9.17, 15) is 9.50 Å². The lowest BCUT2D eigenvalue weighted by Crippen LogP contribution is -2.11. The molecule has 1 unspecified atom stereocenters. The van der Waals surface area contributed by atoms with Gasteiger partial charge >= 0.3 is 0 Å². The van der Waals surface area contributed by atoms with Gasteiger partial charge in [-0.3, -0.25) is 4.98 Å². The van der Waals surface area contributed by atoms with Crippen LogP contribution in [0.5, 0.6) is 0 Å². The van der Waals surface area contributed by atoms with Gasteiger partial charge in [-0.25, -0.2) is 9.37 Å². The van der Waals surface area contributed by atoms with Crippen molar-refractivity contribution in [3.63, 3.8) is 0 Å². The molecule has 90 valence electrons. The minimum atomic E-state index is -1.03. The fraction of sp³-hybridized carbons (Fsp3) is 0.333. The van der Waals surface area contributed by atoms with Crippen LogP contribution in [0.2, 0.25) is 0 Å². The summed E-state index contributed by atoms with van der Waals surface area (Å²) >= 11 is 0. The summed E-state index contributed by atoms with van der Waals surface area (Å²) in [6.45, 7) is 3.95. The smallest absolute Gasteiger partial charge is 0.147 e. The molecule has 0 aromatic carbocycles. The van der Waals surface area contributed by atoms with Gasteiger partial charge in [-0.2, -0.15) is 0 Å². The number of nitrogens with zero attached hydrogens (tertiary/aromatic N) is 3. The van der Waals surface area contributed by atoms with Crippen LogP contribution in [0.4, 0.5) is 4.39 Å². The van der Waals surface area contributed by atoms with E-state index in [1.807, 2.05) is 18.4 Å². The van der Waals surface area contributed by atoms with Gasteiger partial charge in [0.25, 0.3) is 0 Å². The third kappa shape index (κ3) is 2.19. The first-order valence-corrected chi connectivity index (χ1v) is 5.40. The van der Waals surface area contributed by atoms with E-state index >= 15 is 0 Å². The van der Waals surface area contributed by atoms with Gasteiger partial charge in [0.15, 0.2) is 0 Å². The molecule has 1 N–H and O–H groups in total. The van der Waals surface area contributed by atoms with Gasteiger partial charge in [0, 0.05) is 17.8 Å². The molecule has 2 rings (SSSR count). The molecule has 0 amide bonds. The second kappa shape index (κ2) is 4.63. The van der Waals surface area contributed by atoms with Crippen molar-refractivity contribution in [1.82, 2.24) is 14.5 Å².